The Bertz CT molecular complexity index is 683. The van der Waals surface area contributed by atoms with E-state index < -0.39 is 0 Å². The first-order chi connectivity index (χ1) is 11.6. The summed E-state index contributed by atoms with van der Waals surface area (Å²) in [4.78, 5) is 23.3. The van der Waals surface area contributed by atoms with E-state index in [9.17, 15) is 9.59 Å². The number of hydrogen-bond acceptors (Lipinski definition) is 5. The molecule has 0 aliphatic heterocycles. The molecule has 2 aromatic rings. The second kappa shape index (κ2) is 8.98. The molecule has 1 N–H and O–H groups in total. The molecule has 0 saturated carbocycles. The second-order valence-electron chi connectivity index (χ2n) is 4.96. The van der Waals surface area contributed by atoms with Crippen LogP contribution in [0.5, 0.6) is 5.75 Å². The van der Waals surface area contributed by atoms with Crippen molar-refractivity contribution in [2.45, 2.75) is 5.75 Å². The third-order valence-electron chi connectivity index (χ3n) is 3.25. The summed E-state index contributed by atoms with van der Waals surface area (Å²) >= 11 is 1.51. The van der Waals surface area contributed by atoms with E-state index >= 15 is 0 Å². The van der Waals surface area contributed by atoms with Crippen LogP contribution in [0.4, 0.5) is 5.69 Å². The van der Waals surface area contributed by atoms with Gasteiger partial charge in [-0.1, -0.05) is 12.1 Å². The van der Waals surface area contributed by atoms with Gasteiger partial charge in [0.1, 0.15) is 5.75 Å². The third kappa shape index (κ3) is 5.31. The molecule has 6 heteroatoms. The van der Waals surface area contributed by atoms with Gasteiger partial charge in [0.2, 0.25) is 5.91 Å². The molecule has 0 heterocycles. The first-order valence-electron chi connectivity index (χ1n) is 7.31. The summed E-state index contributed by atoms with van der Waals surface area (Å²) < 4.78 is 9.73. The predicted octanol–water partition coefficient (Wildman–Crippen LogP) is 3.35. The summed E-state index contributed by atoms with van der Waals surface area (Å²) in [6.45, 7) is 0. The molecule has 24 heavy (non-hydrogen) atoms. The van der Waals surface area contributed by atoms with Gasteiger partial charge < -0.3 is 14.8 Å². The molecule has 0 unspecified atom stereocenters. The van der Waals surface area contributed by atoms with Crippen molar-refractivity contribution in [3.05, 3.63) is 59.7 Å². The van der Waals surface area contributed by atoms with Crippen LogP contribution < -0.4 is 10.1 Å². The van der Waals surface area contributed by atoms with E-state index in [0.717, 1.165) is 17.0 Å². The molecule has 0 aromatic heterocycles. The van der Waals surface area contributed by atoms with Gasteiger partial charge in [-0.05, 0) is 42.0 Å². The number of methoxy groups -OCH3 is 2. The average molecular weight is 345 g/mol. The summed E-state index contributed by atoms with van der Waals surface area (Å²) in [5.74, 6) is 1.38. The highest BCUT2D eigenvalue weighted by atomic mass is 32.2. The van der Waals surface area contributed by atoms with Crippen molar-refractivity contribution in [3.63, 3.8) is 0 Å². The molecular formula is C18H19NO4S. The Morgan fingerprint density at radius 3 is 2.25 bits per heavy atom. The molecule has 0 fully saturated rings. The van der Waals surface area contributed by atoms with Crippen LogP contribution >= 0.6 is 11.8 Å². The highest BCUT2D eigenvalue weighted by Gasteiger charge is 2.06. The summed E-state index contributed by atoms with van der Waals surface area (Å²) in [6, 6.07) is 14.4. The van der Waals surface area contributed by atoms with E-state index in [1.165, 1.54) is 18.9 Å². The number of thioether (sulfide) groups is 1. The highest BCUT2D eigenvalue weighted by Crippen LogP contribution is 2.17. The van der Waals surface area contributed by atoms with Crippen LogP contribution in [0.15, 0.2) is 48.5 Å². The summed E-state index contributed by atoms with van der Waals surface area (Å²) in [7, 11) is 2.95. The van der Waals surface area contributed by atoms with Crippen LogP contribution in [0, 0.1) is 0 Å². The van der Waals surface area contributed by atoms with Gasteiger partial charge >= 0.3 is 5.97 Å². The minimum absolute atomic E-state index is 0.0589. The zero-order valence-corrected chi connectivity index (χ0v) is 14.4. The third-order valence-corrected chi connectivity index (χ3v) is 4.25. The number of carbonyl (C=O) groups is 2. The standard InChI is InChI=1S/C18H19NO4S/c1-22-16-9-7-15(8-10-16)19-17(20)12-24-11-13-3-5-14(6-4-13)18(21)23-2/h3-10H,11-12H2,1-2H3,(H,19,20). The van der Waals surface area contributed by atoms with Crippen molar-refractivity contribution in [2.24, 2.45) is 0 Å². The Morgan fingerprint density at radius 2 is 1.67 bits per heavy atom. The Morgan fingerprint density at radius 1 is 1.00 bits per heavy atom. The molecule has 0 spiro atoms. The van der Waals surface area contributed by atoms with E-state index in [4.69, 9.17) is 4.74 Å². The molecule has 0 bridgehead atoms. The largest absolute Gasteiger partial charge is 0.497 e. The number of carbonyl (C=O) groups excluding carboxylic acids is 2. The van der Waals surface area contributed by atoms with Crippen LogP contribution in [0.1, 0.15) is 15.9 Å². The van der Waals surface area contributed by atoms with Crippen molar-refractivity contribution in [1.82, 2.24) is 0 Å². The molecular weight excluding hydrogens is 326 g/mol. The fraction of sp³-hybridized carbons (Fsp3) is 0.222. The number of benzene rings is 2. The molecule has 0 saturated heterocycles. The lowest BCUT2D eigenvalue weighted by Crippen LogP contribution is -2.14. The quantitative estimate of drug-likeness (QED) is 0.780. The Balaban J connectivity index is 1.76. The number of ether oxygens (including phenoxy) is 2. The van der Waals surface area contributed by atoms with Gasteiger partial charge in [0.15, 0.2) is 0 Å². The monoisotopic (exact) mass is 345 g/mol. The van der Waals surface area contributed by atoms with Crippen molar-refractivity contribution >= 4 is 29.3 Å². The topological polar surface area (TPSA) is 64.6 Å². The average Bonchev–Trinajstić information content (AvgIpc) is 2.62. The maximum atomic E-state index is 11.9. The first kappa shape index (κ1) is 17.9. The smallest absolute Gasteiger partial charge is 0.337 e. The van der Waals surface area contributed by atoms with Crippen LogP contribution in [0.3, 0.4) is 0 Å². The lowest BCUT2D eigenvalue weighted by molar-refractivity contribution is -0.113. The van der Waals surface area contributed by atoms with Crippen LogP contribution in [-0.2, 0) is 15.3 Å². The predicted molar refractivity (Wildman–Crippen MR) is 95.6 cm³/mol. The molecule has 0 aliphatic carbocycles. The van der Waals surface area contributed by atoms with Crippen molar-refractivity contribution in [2.75, 3.05) is 25.3 Å². The van der Waals surface area contributed by atoms with Gasteiger partial charge in [0.05, 0.1) is 25.5 Å². The molecule has 0 atom stereocenters. The minimum atomic E-state index is -0.354. The zero-order valence-electron chi connectivity index (χ0n) is 13.6. The van der Waals surface area contributed by atoms with Crippen LogP contribution in [0.25, 0.3) is 0 Å². The maximum Gasteiger partial charge on any atom is 0.337 e. The summed E-state index contributed by atoms with van der Waals surface area (Å²) in [6.07, 6.45) is 0. The fourth-order valence-electron chi connectivity index (χ4n) is 1.99. The molecule has 0 aliphatic rings. The summed E-state index contributed by atoms with van der Waals surface area (Å²) in [5, 5.41) is 2.83. The van der Waals surface area contributed by atoms with Crippen LogP contribution in [0.2, 0.25) is 0 Å². The maximum absolute atomic E-state index is 11.9. The fourth-order valence-corrected chi connectivity index (χ4v) is 2.78. The molecule has 5 nitrogen and oxygen atoms in total. The number of anilines is 1. The second-order valence-corrected chi connectivity index (χ2v) is 5.94. The van der Waals surface area contributed by atoms with Crippen molar-refractivity contribution in [3.8, 4) is 5.75 Å². The van der Waals surface area contributed by atoms with Crippen molar-refractivity contribution in [1.29, 1.82) is 0 Å². The number of amides is 1. The first-order valence-corrected chi connectivity index (χ1v) is 8.46. The Kier molecular flexibility index (Phi) is 6.69. The lowest BCUT2D eigenvalue weighted by Gasteiger charge is -2.07. The van der Waals surface area contributed by atoms with Gasteiger partial charge in [-0.2, -0.15) is 0 Å². The molecule has 1 amide bonds. The van der Waals surface area contributed by atoms with Crippen molar-refractivity contribution < 1.29 is 19.1 Å². The normalized spacial score (nSPS) is 10.1. The zero-order chi connectivity index (χ0) is 17.4. The van der Waals surface area contributed by atoms with E-state index in [0.29, 0.717) is 17.1 Å². The van der Waals surface area contributed by atoms with E-state index in [-0.39, 0.29) is 11.9 Å². The molecule has 126 valence electrons. The van der Waals surface area contributed by atoms with E-state index in [2.05, 4.69) is 10.1 Å². The number of nitrogens with one attached hydrogen (secondary N) is 1. The number of rotatable bonds is 7. The summed E-state index contributed by atoms with van der Waals surface area (Å²) in [5.41, 5.74) is 2.30. The molecule has 2 aromatic carbocycles. The minimum Gasteiger partial charge on any atom is -0.497 e. The van der Waals surface area contributed by atoms with Gasteiger partial charge in [0, 0.05) is 11.4 Å². The molecule has 0 radical (unpaired) electrons. The van der Waals surface area contributed by atoms with E-state index in [1.54, 1.807) is 43.5 Å². The van der Waals surface area contributed by atoms with E-state index in [1.807, 2.05) is 12.1 Å². The molecule has 2 rings (SSSR count). The lowest BCUT2D eigenvalue weighted by atomic mass is 10.1. The van der Waals surface area contributed by atoms with Gasteiger partial charge in [-0.15, -0.1) is 11.8 Å². The Labute approximate surface area is 145 Å². The van der Waals surface area contributed by atoms with Gasteiger partial charge in [0.25, 0.3) is 0 Å². The number of hydrogen-bond donors (Lipinski definition) is 1. The van der Waals surface area contributed by atoms with Crippen LogP contribution in [-0.4, -0.2) is 31.8 Å². The van der Waals surface area contributed by atoms with Gasteiger partial charge in [-0.3, -0.25) is 4.79 Å². The number of esters is 1. The van der Waals surface area contributed by atoms with Gasteiger partial charge in [-0.25, -0.2) is 4.79 Å². The highest BCUT2D eigenvalue weighted by molar-refractivity contribution is 7.99. The SMILES string of the molecule is COC(=O)c1ccc(CSCC(=O)Nc2ccc(OC)cc2)cc1. The Hall–Kier alpha value is -2.47.